The van der Waals surface area contributed by atoms with E-state index in [9.17, 15) is 0 Å². The molecule has 4 aromatic carbocycles. The molecule has 0 bridgehead atoms. The van der Waals surface area contributed by atoms with E-state index in [1.165, 1.54) is 0 Å². The van der Waals surface area contributed by atoms with Crippen LogP contribution in [0, 0.1) is 0 Å². The Hall–Kier alpha value is -3.80. The van der Waals surface area contributed by atoms with Crippen LogP contribution in [0.4, 0.5) is 0 Å². The van der Waals surface area contributed by atoms with Crippen molar-refractivity contribution in [1.82, 2.24) is 0 Å². The first-order valence-corrected chi connectivity index (χ1v) is 11.9. The highest BCUT2D eigenvalue weighted by Gasteiger charge is 2.42. The molecule has 36 heavy (non-hydrogen) atoms. The highest BCUT2D eigenvalue weighted by molar-refractivity contribution is 6.35. The van der Waals surface area contributed by atoms with Gasteiger partial charge < -0.3 is 15.6 Å². The SMILES string of the molecule is CC(=O)O.COc1ccc(C2(c3cccc(-c4cc(Cl)cc(Cl)c4)c3)N=C(N)c3ccccc32)cc1. The molecule has 0 spiro atoms. The first kappa shape index (κ1) is 25.3. The van der Waals surface area contributed by atoms with Crippen LogP contribution in [0.5, 0.6) is 5.75 Å². The third kappa shape index (κ3) is 4.94. The molecule has 0 amide bonds. The molecular weight excluding hydrogens is 495 g/mol. The standard InChI is InChI=1S/C27H20Cl2N2O.C2H4O2/c1-32-23-11-9-19(10-12-23)27(25-8-3-2-7-24(25)26(30)31-27)20-6-4-5-17(13-20)18-14-21(28)16-22(29)15-18;1-2(3)4/h2-16H,1H3,(H2,30,31);1H3,(H,3,4). The Morgan fingerprint density at radius 3 is 2.14 bits per heavy atom. The summed E-state index contributed by atoms with van der Waals surface area (Å²) in [6, 6.07) is 29.9. The van der Waals surface area contributed by atoms with Crippen LogP contribution in [0.3, 0.4) is 0 Å². The Morgan fingerprint density at radius 1 is 0.861 bits per heavy atom. The first-order valence-electron chi connectivity index (χ1n) is 11.1. The highest BCUT2D eigenvalue weighted by Crippen LogP contribution is 2.47. The lowest BCUT2D eigenvalue weighted by Gasteiger charge is -2.29. The Morgan fingerprint density at radius 2 is 1.50 bits per heavy atom. The minimum Gasteiger partial charge on any atom is -0.497 e. The second kappa shape index (κ2) is 10.4. The molecule has 1 atom stereocenters. The molecule has 0 fully saturated rings. The van der Waals surface area contributed by atoms with E-state index in [1.807, 2.05) is 66.7 Å². The van der Waals surface area contributed by atoms with Crippen LogP contribution >= 0.6 is 23.2 Å². The van der Waals surface area contributed by atoms with Gasteiger partial charge in [0.05, 0.1) is 7.11 Å². The largest absolute Gasteiger partial charge is 0.497 e. The van der Waals surface area contributed by atoms with Crippen LogP contribution in [0.2, 0.25) is 10.0 Å². The molecule has 0 radical (unpaired) electrons. The van der Waals surface area contributed by atoms with Gasteiger partial charge in [0.1, 0.15) is 17.1 Å². The van der Waals surface area contributed by atoms with E-state index in [0.717, 1.165) is 46.1 Å². The van der Waals surface area contributed by atoms with Gasteiger partial charge in [-0.05, 0) is 64.2 Å². The summed E-state index contributed by atoms with van der Waals surface area (Å²) >= 11 is 12.5. The van der Waals surface area contributed by atoms with Crippen LogP contribution in [0.1, 0.15) is 29.2 Å². The molecule has 182 valence electrons. The van der Waals surface area contributed by atoms with Crippen molar-refractivity contribution in [3.63, 3.8) is 0 Å². The van der Waals surface area contributed by atoms with E-state index in [4.69, 9.17) is 48.6 Å². The fourth-order valence-corrected chi connectivity index (χ4v) is 4.93. The van der Waals surface area contributed by atoms with Gasteiger partial charge in [-0.1, -0.05) is 77.8 Å². The number of halogens is 2. The van der Waals surface area contributed by atoms with E-state index in [-0.39, 0.29) is 0 Å². The van der Waals surface area contributed by atoms with Crippen LogP contribution in [0.15, 0.2) is 96.0 Å². The fourth-order valence-electron chi connectivity index (χ4n) is 4.41. The molecule has 1 unspecified atom stereocenters. The lowest BCUT2D eigenvalue weighted by atomic mass is 9.77. The summed E-state index contributed by atoms with van der Waals surface area (Å²) in [4.78, 5) is 14.1. The number of hydrogen-bond acceptors (Lipinski definition) is 4. The number of rotatable bonds is 4. The Kier molecular flexibility index (Phi) is 7.34. The number of aliphatic carboxylic acids is 1. The highest BCUT2D eigenvalue weighted by atomic mass is 35.5. The minimum atomic E-state index is -0.833. The number of nitrogens with two attached hydrogens (primary N) is 1. The lowest BCUT2D eigenvalue weighted by molar-refractivity contribution is -0.134. The molecule has 1 aliphatic rings. The van der Waals surface area contributed by atoms with Crippen molar-refractivity contribution >= 4 is 35.0 Å². The van der Waals surface area contributed by atoms with E-state index < -0.39 is 11.5 Å². The maximum absolute atomic E-state index is 9.00. The zero-order valence-corrected chi connectivity index (χ0v) is 21.2. The van der Waals surface area contributed by atoms with Gasteiger partial charge in [-0.25, -0.2) is 4.99 Å². The Bertz CT molecular complexity index is 1430. The molecule has 5 nitrogen and oxygen atoms in total. The van der Waals surface area contributed by atoms with Gasteiger partial charge in [-0.15, -0.1) is 0 Å². The number of carbonyl (C=O) groups is 1. The lowest BCUT2D eigenvalue weighted by Crippen LogP contribution is -2.25. The second-order valence-corrected chi connectivity index (χ2v) is 9.11. The average molecular weight is 519 g/mol. The van der Waals surface area contributed by atoms with E-state index in [0.29, 0.717) is 15.9 Å². The van der Waals surface area contributed by atoms with Crippen molar-refractivity contribution < 1.29 is 14.6 Å². The maximum Gasteiger partial charge on any atom is 0.300 e. The zero-order chi connectivity index (χ0) is 25.9. The Balaban J connectivity index is 0.000000709. The fraction of sp³-hybridized carbons (Fsp3) is 0.103. The normalized spacial score (nSPS) is 15.8. The molecule has 0 saturated heterocycles. The first-order chi connectivity index (χ1) is 17.2. The summed E-state index contributed by atoms with van der Waals surface area (Å²) in [7, 11) is 1.66. The number of benzene rings is 4. The molecular formula is C29H24Cl2N2O3. The van der Waals surface area contributed by atoms with Crippen molar-refractivity contribution in [3.05, 3.63) is 123 Å². The van der Waals surface area contributed by atoms with Gasteiger partial charge in [0.25, 0.3) is 5.97 Å². The molecule has 1 heterocycles. The summed E-state index contributed by atoms with van der Waals surface area (Å²) in [5.41, 5.74) is 11.6. The number of carboxylic acids is 1. The predicted octanol–water partition coefficient (Wildman–Crippen LogP) is 6.77. The van der Waals surface area contributed by atoms with Crippen LogP contribution in [0.25, 0.3) is 11.1 Å². The summed E-state index contributed by atoms with van der Waals surface area (Å²) in [6.45, 7) is 1.08. The van der Waals surface area contributed by atoms with Crippen LogP contribution < -0.4 is 10.5 Å². The summed E-state index contributed by atoms with van der Waals surface area (Å²) in [5, 5.41) is 8.60. The van der Waals surface area contributed by atoms with Gasteiger partial charge >= 0.3 is 0 Å². The van der Waals surface area contributed by atoms with E-state index >= 15 is 0 Å². The molecule has 1 aliphatic heterocycles. The molecule has 4 aromatic rings. The minimum absolute atomic E-state index is 0.521. The van der Waals surface area contributed by atoms with Crippen molar-refractivity contribution in [2.24, 2.45) is 10.7 Å². The number of aliphatic imine (C=N–C) groups is 1. The predicted molar refractivity (Wildman–Crippen MR) is 145 cm³/mol. The zero-order valence-electron chi connectivity index (χ0n) is 19.7. The Labute approximate surface area is 219 Å². The van der Waals surface area contributed by atoms with Crippen LogP contribution in [-0.4, -0.2) is 24.0 Å². The average Bonchev–Trinajstić information content (AvgIpc) is 3.17. The number of amidine groups is 1. The monoisotopic (exact) mass is 518 g/mol. The number of methoxy groups -OCH3 is 1. The third-order valence-electron chi connectivity index (χ3n) is 5.86. The van der Waals surface area contributed by atoms with Crippen molar-refractivity contribution in [2.45, 2.75) is 12.5 Å². The third-order valence-corrected chi connectivity index (χ3v) is 6.30. The van der Waals surface area contributed by atoms with Gasteiger partial charge in [-0.3, -0.25) is 4.79 Å². The number of hydrogen-bond donors (Lipinski definition) is 2. The van der Waals surface area contributed by atoms with Crippen molar-refractivity contribution in [1.29, 1.82) is 0 Å². The molecule has 0 aromatic heterocycles. The molecule has 7 heteroatoms. The molecule has 3 N–H and O–H groups in total. The van der Waals surface area contributed by atoms with Crippen LogP contribution in [-0.2, 0) is 10.3 Å². The smallest absolute Gasteiger partial charge is 0.300 e. The van der Waals surface area contributed by atoms with Crippen molar-refractivity contribution in [2.75, 3.05) is 7.11 Å². The molecule has 0 aliphatic carbocycles. The number of ether oxygens (including phenoxy) is 1. The number of fused-ring (bicyclic) bond motifs is 1. The van der Waals surface area contributed by atoms with Crippen molar-refractivity contribution in [3.8, 4) is 16.9 Å². The quantitative estimate of drug-likeness (QED) is 0.312. The summed E-state index contributed by atoms with van der Waals surface area (Å²) < 4.78 is 5.37. The molecule has 0 saturated carbocycles. The number of nitrogens with zero attached hydrogens (tertiary/aromatic N) is 1. The maximum atomic E-state index is 9.00. The number of carboxylic acid groups (broad SMARTS) is 1. The van der Waals surface area contributed by atoms with Gasteiger partial charge in [0.15, 0.2) is 0 Å². The van der Waals surface area contributed by atoms with Gasteiger partial charge in [0, 0.05) is 22.5 Å². The summed E-state index contributed by atoms with van der Waals surface area (Å²) in [5.74, 6) is 0.474. The molecule has 5 rings (SSSR count). The van der Waals surface area contributed by atoms with Gasteiger partial charge in [0.2, 0.25) is 0 Å². The van der Waals surface area contributed by atoms with E-state index in [2.05, 4.69) is 18.2 Å². The van der Waals surface area contributed by atoms with Gasteiger partial charge in [-0.2, -0.15) is 0 Å². The topological polar surface area (TPSA) is 84.9 Å². The summed E-state index contributed by atoms with van der Waals surface area (Å²) in [6.07, 6.45) is 0. The van der Waals surface area contributed by atoms with E-state index in [1.54, 1.807) is 13.2 Å². The second-order valence-electron chi connectivity index (χ2n) is 8.24.